The second-order valence-electron chi connectivity index (χ2n) is 7.12. The van der Waals surface area contributed by atoms with Crippen LogP contribution >= 0.6 is 0 Å². The van der Waals surface area contributed by atoms with Gasteiger partial charge in [0.05, 0.1) is 0 Å². The van der Waals surface area contributed by atoms with Crippen molar-refractivity contribution in [3.05, 3.63) is 0 Å². The molecular weight excluding hydrogens is 224 g/mol. The summed E-state index contributed by atoms with van der Waals surface area (Å²) in [6.45, 7) is 9.37. The topological polar surface area (TPSA) is 55.1 Å². The van der Waals surface area contributed by atoms with E-state index in [0.717, 1.165) is 12.5 Å². The predicted octanol–water partition coefficient (Wildman–Crippen LogP) is 2.69. The average molecular weight is 254 g/mol. The standard InChI is InChI=1S/C15H30N2O/c1-11-6-5-7-12(8-11)10-17-14(18)9-13(16)15(2,3)4/h11-13H,5-10,16H2,1-4H3,(H,17,18). The largest absolute Gasteiger partial charge is 0.356 e. The Balaban J connectivity index is 2.24. The number of hydrogen-bond acceptors (Lipinski definition) is 2. The first-order valence-corrected chi connectivity index (χ1v) is 7.31. The molecule has 0 aromatic rings. The van der Waals surface area contributed by atoms with E-state index in [1.54, 1.807) is 0 Å². The van der Waals surface area contributed by atoms with E-state index in [4.69, 9.17) is 5.73 Å². The summed E-state index contributed by atoms with van der Waals surface area (Å²) in [6, 6.07) is -0.0669. The van der Waals surface area contributed by atoms with Crippen LogP contribution in [0.5, 0.6) is 0 Å². The fourth-order valence-electron chi connectivity index (χ4n) is 2.58. The van der Waals surface area contributed by atoms with E-state index in [-0.39, 0.29) is 17.4 Å². The van der Waals surface area contributed by atoms with Gasteiger partial charge in [-0.3, -0.25) is 4.79 Å². The molecule has 1 amide bonds. The molecule has 3 nitrogen and oxygen atoms in total. The van der Waals surface area contributed by atoms with Gasteiger partial charge in [0.2, 0.25) is 5.91 Å². The Morgan fingerprint density at radius 3 is 2.61 bits per heavy atom. The zero-order chi connectivity index (χ0) is 13.8. The lowest BCUT2D eigenvalue weighted by Crippen LogP contribution is -2.41. The molecule has 0 bridgehead atoms. The van der Waals surface area contributed by atoms with Crippen molar-refractivity contribution in [2.45, 2.75) is 65.8 Å². The molecule has 0 aromatic carbocycles. The van der Waals surface area contributed by atoms with Crippen molar-refractivity contribution in [1.82, 2.24) is 5.32 Å². The lowest BCUT2D eigenvalue weighted by molar-refractivity contribution is -0.122. The quantitative estimate of drug-likeness (QED) is 0.810. The molecule has 3 N–H and O–H groups in total. The number of carbonyl (C=O) groups excluding carboxylic acids is 1. The van der Waals surface area contributed by atoms with Crippen molar-refractivity contribution >= 4 is 5.91 Å². The van der Waals surface area contributed by atoms with Crippen molar-refractivity contribution < 1.29 is 4.79 Å². The van der Waals surface area contributed by atoms with Gasteiger partial charge in [0.15, 0.2) is 0 Å². The maximum atomic E-state index is 11.8. The van der Waals surface area contributed by atoms with Gasteiger partial charge in [-0.1, -0.05) is 40.5 Å². The predicted molar refractivity (Wildman–Crippen MR) is 76.2 cm³/mol. The minimum absolute atomic E-state index is 0.00328. The molecule has 1 aliphatic carbocycles. The van der Waals surface area contributed by atoms with E-state index in [1.165, 1.54) is 25.7 Å². The normalized spacial score (nSPS) is 26.7. The first kappa shape index (κ1) is 15.5. The van der Waals surface area contributed by atoms with Gasteiger partial charge in [0.1, 0.15) is 0 Å². The third-order valence-electron chi connectivity index (χ3n) is 4.15. The molecule has 0 radical (unpaired) electrons. The van der Waals surface area contributed by atoms with Crippen LogP contribution in [0.1, 0.15) is 59.8 Å². The average Bonchev–Trinajstić information content (AvgIpc) is 2.25. The zero-order valence-corrected chi connectivity index (χ0v) is 12.5. The number of amides is 1. The summed E-state index contributed by atoms with van der Waals surface area (Å²) < 4.78 is 0. The SMILES string of the molecule is CC1CCCC(CNC(=O)CC(N)C(C)(C)C)C1. The lowest BCUT2D eigenvalue weighted by Gasteiger charge is -2.28. The summed E-state index contributed by atoms with van der Waals surface area (Å²) in [5.41, 5.74) is 6.02. The molecule has 1 fully saturated rings. The van der Waals surface area contributed by atoms with Crippen molar-refractivity contribution in [3.63, 3.8) is 0 Å². The third kappa shape index (κ3) is 5.38. The highest BCUT2D eigenvalue weighted by atomic mass is 16.1. The van der Waals surface area contributed by atoms with Gasteiger partial charge >= 0.3 is 0 Å². The summed E-state index contributed by atoms with van der Waals surface area (Å²) in [7, 11) is 0. The first-order chi connectivity index (χ1) is 8.29. The monoisotopic (exact) mass is 254 g/mol. The summed E-state index contributed by atoms with van der Waals surface area (Å²) in [5.74, 6) is 1.59. The van der Waals surface area contributed by atoms with Crippen LogP contribution in [0.4, 0.5) is 0 Å². The molecule has 0 aromatic heterocycles. The molecule has 0 aliphatic heterocycles. The number of hydrogen-bond donors (Lipinski definition) is 2. The van der Waals surface area contributed by atoms with Gasteiger partial charge in [-0.05, 0) is 30.1 Å². The molecule has 1 saturated carbocycles. The van der Waals surface area contributed by atoms with E-state index in [1.807, 2.05) is 0 Å². The number of nitrogens with two attached hydrogens (primary N) is 1. The second-order valence-corrected chi connectivity index (χ2v) is 7.12. The van der Waals surface area contributed by atoms with Gasteiger partial charge < -0.3 is 11.1 Å². The Labute approximate surface area is 112 Å². The van der Waals surface area contributed by atoms with Crippen molar-refractivity contribution in [2.75, 3.05) is 6.54 Å². The van der Waals surface area contributed by atoms with Crippen molar-refractivity contribution in [3.8, 4) is 0 Å². The highest BCUT2D eigenvalue weighted by molar-refractivity contribution is 5.76. The molecule has 0 saturated heterocycles. The van der Waals surface area contributed by atoms with E-state index in [9.17, 15) is 4.79 Å². The maximum absolute atomic E-state index is 11.8. The van der Waals surface area contributed by atoms with Crippen LogP contribution in [0.3, 0.4) is 0 Å². The number of rotatable bonds is 4. The highest BCUT2D eigenvalue weighted by Crippen LogP contribution is 2.28. The zero-order valence-electron chi connectivity index (χ0n) is 12.5. The molecule has 1 rings (SSSR count). The summed E-state index contributed by atoms with van der Waals surface area (Å²) in [6.07, 6.45) is 5.61. The van der Waals surface area contributed by atoms with Gasteiger partial charge in [0, 0.05) is 19.0 Å². The third-order valence-corrected chi connectivity index (χ3v) is 4.15. The van der Waals surface area contributed by atoms with Crippen LogP contribution in [0, 0.1) is 17.3 Å². The van der Waals surface area contributed by atoms with Gasteiger partial charge in [0.25, 0.3) is 0 Å². The summed E-state index contributed by atoms with van der Waals surface area (Å²) in [4.78, 5) is 11.8. The van der Waals surface area contributed by atoms with Gasteiger partial charge in [-0.25, -0.2) is 0 Å². The minimum Gasteiger partial charge on any atom is -0.356 e. The van der Waals surface area contributed by atoms with Crippen LogP contribution in [0.15, 0.2) is 0 Å². The Morgan fingerprint density at radius 1 is 1.39 bits per heavy atom. The van der Waals surface area contributed by atoms with E-state index < -0.39 is 0 Å². The highest BCUT2D eigenvalue weighted by Gasteiger charge is 2.24. The Bertz CT molecular complexity index is 270. The molecule has 0 heterocycles. The molecule has 1 aliphatic rings. The van der Waals surface area contributed by atoms with Crippen molar-refractivity contribution in [1.29, 1.82) is 0 Å². The number of nitrogens with one attached hydrogen (secondary N) is 1. The molecule has 0 spiro atoms. The second kappa shape index (κ2) is 6.55. The van der Waals surface area contributed by atoms with Gasteiger partial charge in [-0.2, -0.15) is 0 Å². The van der Waals surface area contributed by atoms with Gasteiger partial charge in [-0.15, -0.1) is 0 Å². The Hall–Kier alpha value is -0.570. The van der Waals surface area contributed by atoms with Crippen LogP contribution in [-0.4, -0.2) is 18.5 Å². The van der Waals surface area contributed by atoms with E-state index in [2.05, 4.69) is 33.0 Å². The number of carbonyl (C=O) groups is 1. The first-order valence-electron chi connectivity index (χ1n) is 7.31. The Kier molecular flexibility index (Phi) is 5.64. The van der Waals surface area contributed by atoms with Crippen LogP contribution in [0.25, 0.3) is 0 Å². The van der Waals surface area contributed by atoms with Crippen LogP contribution in [0.2, 0.25) is 0 Å². The minimum atomic E-state index is -0.0669. The molecule has 3 heteroatoms. The fourth-order valence-corrected chi connectivity index (χ4v) is 2.58. The molecule has 3 unspecified atom stereocenters. The van der Waals surface area contributed by atoms with E-state index >= 15 is 0 Å². The fraction of sp³-hybridized carbons (Fsp3) is 0.933. The summed E-state index contributed by atoms with van der Waals surface area (Å²) >= 11 is 0. The molecule has 18 heavy (non-hydrogen) atoms. The molecule has 3 atom stereocenters. The van der Waals surface area contributed by atoms with Crippen LogP contribution in [-0.2, 0) is 4.79 Å². The summed E-state index contributed by atoms with van der Waals surface area (Å²) in [5, 5.41) is 3.06. The Morgan fingerprint density at radius 2 is 2.06 bits per heavy atom. The van der Waals surface area contributed by atoms with Crippen molar-refractivity contribution in [2.24, 2.45) is 23.0 Å². The van der Waals surface area contributed by atoms with E-state index in [0.29, 0.717) is 12.3 Å². The molecular formula is C15H30N2O. The maximum Gasteiger partial charge on any atom is 0.221 e. The molecule has 106 valence electrons. The lowest BCUT2D eigenvalue weighted by atomic mass is 9.82. The smallest absolute Gasteiger partial charge is 0.221 e. The van der Waals surface area contributed by atoms with Crippen LogP contribution < -0.4 is 11.1 Å².